The third-order valence-corrected chi connectivity index (χ3v) is 2.05. The highest BCUT2D eigenvalue weighted by atomic mass is 16.5. The van der Waals surface area contributed by atoms with E-state index in [1.54, 1.807) is 6.07 Å². The molecule has 1 amide bonds. The molecule has 1 aromatic rings. The zero-order chi connectivity index (χ0) is 10.1. The van der Waals surface area contributed by atoms with E-state index in [-0.39, 0.29) is 5.91 Å². The highest BCUT2D eigenvalue weighted by Gasteiger charge is 2.26. The second kappa shape index (κ2) is 3.17. The van der Waals surface area contributed by atoms with Crippen LogP contribution in [0.15, 0.2) is 12.3 Å². The fourth-order valence-corrected chi connectivity index (χ4v) is 1.32. The minimum Gasteiger partial charge on any atom is -0.477 e. The molecule has 0 saturated carbocycles. The summed E-state index contributed by atoms with van der Waals surface area (Å²) >= 11 is 0. The van der Waals surface area contributed by atoms with Crippen molar-refractivity contribution in [3.05, 3.63) is 12.3 Å². The van der Waals surface area contributed by atoms with Crippen molar-refractivity contribution in [1.82, 2.24) is 4.98 Å². The van der Waals surface area contributed by atoms with E-state index >= 15 is 0 Å². The van der Waals surface area contributed by atoms with Crippen molar-refractivity contribution in [2.45, 2.75) is 19.4 Å². The van der Waals surface area contributed by atoms with Crippen LogP contribution in [-0.4, -0.2) is 17.0 Å². The Morgan fingerprint density at radius 1 is 1.71 bits per heavy atom. The van der Waals surface area contributed by atoms with E-state index in [2.05, 4.69) is 10.3 Å². The lowest BCUT2D eigenvalue weighted by molar-refractivity contribution is -0.123. The molecule has 3 N–H and O–H groups in total. The van der Waals surface area contributed by atoms with Gasteiger partial charge in [0.25, 0.3) is 5.91 Å². The zero-order valence-corrected chi connectivity index (χ0v) is 7.78. The fourth-order valence-electron chi connectivity index (χ4n) is 1.32. The van der Waals surface area contributed by atoms with Gasteiger partial charge in [-0.15, -0.1) is 0 Å². The highest BCUT2D eigenvalue weighted by molar-refractivity contribution is 5.96. The van der Waals surface area contributed by atoms with Crippen LogP contribution in [-0.2, 0) is 4.79 Å². The van der Waals surface area contributed by atoms with Gasteiger partial charge in [0.1, 0.15) is 0 Å². The standard InChI is InChI=1S/C9H11N3O2/c1-2-6-9(13)12-8-7(14-6)3-5(10)4-11-8/h3-4,6H,2,10H2,1H3,(H,11,12,13). The normalized spacial score (nSPS) is 19.5. The molecule has 1 aliphatic rings. The van der Waals surface area contributed by atoms with E-state index in [0.29, 0.717) is 23.7 Å². The minimum atomic E-state index is -0.439. The summed E-state index contributed by atoms with van der Waals surface area (Å²) in [5.74, 6) is 0.822. The van der Waals surface area contributed by atoms with E-state index in [0.717, 1.165) is 0 Å². The Morgan fingerprint density at radius 2 is 2.50 bits per heavy atom. The van der Waals surface area contributed by atoms with Gasteiger partial charge in [-0.1, -0.05) is 6.92 Å². The topological polar surface area (TPSA) is 77.2 Å². The maximum atomic E-state index is 11.4. The number of nitrogen functional groups attached to an aromatic ring is 1. The van der Waals surface area contributed by atoms with Crippen LogP contribution in [0.1, 0.15) is 13.3 Å². The van der Waals surface area contributed by atoms with Gasteiger partial charge in [-0.25, -0.2) is 4.98 Å². The van der Waals surface area contributed by atoms with Crippen molar-refractivity contribution in [2.75, 3.05) is 11.1 Å². The monoisotopic (exact) mass is 193 g/mol. The second-order valence-electron chi connectivity index (χ2n) is 3.12. The van der Waals surface area contributed by atoms with Crippen LogP contribution >= 0.6 is 0 Å². The van der Waals surface area contributed by atoms with E-state index in [1.807, 2.05) is 6.92 Å². The van der Waals surface area contributed by atoms with Crippen molar-refractivity contribution in [2.24, 2.45) is 0 Å². The van der Waals surface area contributed by atoms with Gasteiger partial charge in [0, 0.05) is 6.07 Å². The van der Waals surface area contributed by atoms with Gasteiger partial charge in [0.15, 0.2) is 17.7 Å². The third kappa shape index (κ3) is 1.37. The molecule has 0 spiro atoms. The Bertz CT molecular complexity index is 378. The maximum Gasteiger partial charge on any atom is 0.266 e. The summed E-state index contributed by atoms with van der Waals surface area (Å²) in [6.45, 7) is 1.88. The number of hydrogen-bond donors (Lipinski definition) is 2. The third-order valence-electron chi connectivity index (χ3n) is 2.05. The number of hydrogen-bond acceptors (Lipinski definition) is 4. The number of ether oxygens (including phenoxy) is 1. The number of nitrogens with one attached hydrogen (secondary N) is 1. The van der Waals surface area contributed by atoms with Gasteiger partial charge < -0.3 is 15.8 Å². The quantitative estimate of drug-likeness (QED) is 0.690. The van der Waals surface area contributed by atoms with E-state index in [1.165, 1.54) is 6.20 Å². The number of nitrogens with zero attached hydrogens (tertiary/aromatic N) is 1. The molecule has 0 aliphatic carbocycles. The molecular weight excluding hydrogens is 182 g/mol. The van der Waals surface area contributed by atoms with Gasteiger partial charge in [-0.05, 0) is 6.42 Å². The molecular formula is C9H11N3O2. The lowest BCUT2D eigenvalue weighted by Crippen LogP contribution is -2.36. The molecule has 0 saturated heterocycles. The Kier molecular flexibility index (Phi) is 1.99. The number of anilines is 2. The lowest BCUT2D eigenvalue weighted by atomic mass is 10.2. The van der Waals surface area contributed by atoms with Crippen LogP contribution in [0, 0.1) is 0 Å². The van der Waals surface area contributed by atoms with E-state index in [4.69, 9.17) is 10.5 Å². The number of carbonyl (C=O) groups is 1. The van der Waals surface area contributed by atoms with Gasteiger partial charge in [0.05, 0.1) is 11.9 Å². The zero-order valence-electron chi connectivity index (χ0n) is 7.78. The first-order chi connectivity index (χ1) is 6.70. The summed E-state index contributed by atoms with van der Waals surface area (Å²) < 4.78 is 5.42. The molecule has 74 valence electrons. The number of rotatable bonds is 1. The van der Waals surface area contributed by atoms with Crippen LogP contribution in [0.25, 0.3) is 0 Å². The first-order valence-corrected chi connectivity index (χ1v) is 4.43. The van der Waals surface area contributed by atoms with Crippen molar-refractivity contribution < 1.29 is 9.53 Å². The first-order valence-electron chi connectivity index (χ1n) is 4.43. The molecule has 5 nitrogen and oxygen atoms in total. The summed E-state index contributed by atoms with van der Waals surface area (Å²) in [6.07, 6.45) is 1.67. The highest BCUT2D eigenvalue weighted by Crippen LogP contribution is 2.29. The van der Waals surface area contributed by atoms with Gasteiger partial charge in [-0.2, -0.15) is 0 Å². The van der Waals surface area contributed by atoms with E-state index in [9.17, 15) is 4.79 Å². The molecule has 2 heterocycles. The first kappa shape index (κ1) is 8.80. The van der Waals surface area contributed by atoms with Gasteiger partial charge >= 0.3 is 0 Å². The number of fused-ring (bicyclic) bond motifs is 1. The average molecular weight is 193 g/mol. The summed E-state index contributed by atoms with van der Waals surface area (Å²) in [5, 5.41) is 2.66. The molecule has 2 rings (SSSR count). The molecule has 5 heteroatoms. The summed E-state index contributed by atoms with van der Waals surface area (Å²) in [5.41, 5.74) is 6.07. The van der Waals surface area contributed by atoms with Crippen molar-refractivity contribution in [1.29, 1.82) is 0 Å². The fraction of sp³-hybridized carbons (Fsp3) is 0.333. The predicted octanol–water partition coefficient (Wildman–Crippen LogP) is 0.773. The number of pyridine rings is 1. The number of aromatic nitrogens is 1. The lowest BCUT2D eigenvalue weighted by Gasteiger charge is -2.24. The Morgan fingerprint density at radius 3 is 3.21 bits per heavy atom. The SMILES string of the molecule is CCC1Oc2cc(N)cnc2NC1=O. The second-order valence-corrected chi connectivity index (χ2v) is 3.12. The van der Waals surface area contributed by atoms with Crippen LogP contribution in [0.5, 0.6) is 5.75 Å². The number of nitrogens with two attached hydrogens (primary N) is 1. The van der Waals surface area contributed by atoms with Crippen LogP contribution in [0.4, 0.5) is 11.5 Å². The molecule has 1 aliphatic heterocycles. The van der Waals surface area contributed by atoms with Gasteiger partial charge in [-0.3, -0.25) is 4.79 Å². The van der Waals surface area contributed by atoms with Crippen molar-refractivity contribution in [3.8, 4) is 5.75 Å². The molecule has 1 atom stereocenters. The largest absolute Gasteiger partial charge is 0.477 e. The molecule has 1 aromatic heterocycles. The number of carbonyl (C=O) groups excluding carboxylic acids is 1. The van der Waals surface area contributed by atoms with Crippen LogP contribution < -0.4 is 15.8 Å². The predicted molar refractivity (Wildman–Crippen MR) is 52.0 cm³/mol. The molecule has 0 fully saturated rings. The summed E-state index contributed by atoms with van der Waals surface area (Å²) in [6, 6.07) is 1.66. The Balaban J connectivity index is 2.36. The van der Waals surface area contributed by atoms with Crippen molar-refractivity contribution >= 4 is 17.4 Å². The molecule has 0 bridgehead atoms. The van der Waals surface area contributed by atoms with E-state index < -0.39 is 6.10 Å². The Hall–Kier alpha value is -1.78. The summed E-state index contributed by atoms with van der Waals surface area (Å²) in [4.78, 5) is 15.3. The van der Waals surface area contributed by atoms with Gasteiger partial charge in [0.2, 0.25) is 0 Å². The molecule has 0 radical (unpaired) electrons. The summed E-state index contributed by atoms with van der Waals surface area (Å²) in [7, 11) is 0. The molecule has 1 unspecified atom stereocenters. The number of amides is 1. The van der Waals surface area contributed by atoms with Crippen LogP contribution in [0.3, 0.4) is 0 Å². The average Bonchev–Trinajstić information content (AvgIpc) is 2.17. The molecule has 14 heavy (non-hydrogen) atoms. The van der Waals surface area contributed by atoms with Crippen molar-refractivity contribution in [3.63, 3.8) is 0 Å². The smallest absolute Gasteiger partial charge is 0.266 e. The maximum absolute atomic E-state index is 11.4. The van der Waals surface area contributed by atoms with Crippen LogP contribution in [0.2, 0.25) is 0 Å². The molecule has 0 aromatic carbocycles. The Labute approximate surface area is 81.3 Å². The minimum absolute atomic E-state index is 0.155.